The standard InChI is InChI=1S/C24H26N4O3S/c1-3-31-20-12-8-17(9-13-20)24(30)28-14-4-5-18(15-28)22-26-27-23(32-22)21(29)25-19-10-6-16(2)7-11-19/h6-13,18H,3-5,14-15H2,1-2H3,(H,25,29). The topological polar surface area (TPSA) is 84.4 Å². The lowest BCUT2D eigenvalue weighted by molar-refractivity contribution is 0.0706. The molecule has 1 fully saturated rings. The van der Waals surface area contributed by atoms with E-state index in [2.05, 4.69) is 15.5 Å². The molecule has 1 saturated heterocycles. The third-order valence-electron chi connectivity index (χ3n) is 5.41. The van der Waals surface area contributed by atoms with Crippen molar-refractivity contribution < 1.29 is 14.3 Å². The van der Waals surface area contributed by atoms with Crippen molar-refractivity contribution in [3.63, 3.8) is 0 Å². The first-order valence-electron chi connectivity index (χ1n) is 10.8. The van der Waals surface area contributed by atoms with E-state index in [-0.39, 0.29) is 17.7 Å². The van der Waals surface area contributed by atoms with Crippen LogP contribution in [0.25, 0.3) is 0 Å². The first-order chi connectivity index (χ1) is 15.5. The summed E-state index contributed by atoms with van der Waals surface area (Å²) in [5.74, 6) is 0.565. The van der Waals surface area contributed by atoms with Crippen molar-refractivity contribution >= 4 is 28.8 Å². The molecule has 32 heavy (non-hydrogen) atoms. The molecule has 0 bridgehead atoms. The van der Waals surface area contributed by atoms with Crippen LogP contribution in [0.1, 0.15) is 56.4 Å². The van der Waals surface area contributed by atoms with Gasteiger partial charge in [0.2, 0.25) is 5.01 Å². The third kappa shape index (κ3) is 5.13. The van der Waals surface area contributed by atoms with E-state index in [0.29, 0.717) is 30.3 Å². The highest BCUT2D eigenvalue weighted by atomic mass is 32.1. The average molecular weight is 451 g/mol. The lowest BCUT2D eigenvalue weighted by atomic mass is 9.98. The summed E-state index contributed by atoms with van der Waals surface area (Å²) in [7, 11) is 0. The molecule has 0 spiro atoms. The molecular formula is C24H26N4O3S. The van der Waals surface area contributed by atoms with Crippen molar-refractivity contribution in [2.24, 2.45) is 0 Å². The predicted octanol–water partition coefficient (Wildman–Crippen LogP) is 4.52. The number of hydrogen-bond donors (Lipinski definition) is 1. The molecule has 1 aromatic heterocycles. The Kier molecular flexibility index (Phi) is 6.80. The number of amides is 2. The van der Waals surface area contributed by atoms with Gasteiger partial charge in [0.1, 0.15) is 10.8 Å². The molecule has 3 aromatic rings. The second-order valence-electron chi connectivity index (χ2n) is 7.81. The normalized spacial score (nSPS) is 15.9. The maximum atomic E-state index is 13.0. The SMILES string of the molecule is CCOc1ccc(C(=O)N2CCCC(c3nnc(C(=O)Nc4ccc(C)cc4)s3)C2)cc1. The molecule has 7 nitrogen and oxygen atoms in total. The number of piperidine rings is 1. The monoisotopic (exact) mass is 450 g/mol. The summed E-state index contributed by atoms with van der Waals surface area (Å²) >= 11 is 1.30. The summed E-state index contributed by atoms with van der Waals surface area (Å²) in [5, 5.41) is 12.3. The fourth-order valence-electron chi connectivity index (χ4n) is 3.72. The molecule has 2 heterocycles. The van der Waals surface area contributed by atoms with Crippen LogP contribution in [0.5, 0.6) is 5.75 Å². The van der Waals surface area contributed by atoms with Gasteiger partial charge < -0.3 is 15.0 Å². The minimum atomic E-state index is -0.268. The minimum Gasteiger partial charge on any atom is -0.494 e. The van der Waals surface area contributed by atoms with Crippen LogP contribution < -0.4 is 10.1 Å². The highest BCUT2D eigenvalue weighted by Gasteiger charge is 2.28. The van der Waals surface area contributed by atoms with Crippen molar-refractivity contribution in [1.29, 1.82) is 0 Å². The van der Waals surface area contributed by atoms with Gasteiger partial charge in [-0.1, -0.05) is 29.0 Å². The van der Waals surface area contributed by atoms with Crippen LogP contribution in [0.3, 0.4) is 0 Å². The molecular weight excluding hydrogens is 424 g/mol. The zero-order chi connectivity index (χ0) is 22.5. The van der Waals surface area contributed by atoms with Gasteiger partial charge in [-0.2, -0.15) is 0 Å². The van der Waals surface area contributed by atoms with Crippen molar-refractivity contribution in [1.82, 2.24) is 15.1 Å². The van der Waals surface area contributed by atoms with E-state index >= 15 is 0 Å². The number of carbonyl (C=O) groups excluding carboxylic acids is 2. The molecule has 166 valence electrons. The second kappa shape index (κ2) is 9.91. The number of aromatic nitrogens is 2. The van der Waals surface area contributed by atoms with Crippen LogP contribution in [0, 0.1) is 6.92 Å². The molecule has 2 amide bonds. The molecule has 1 unspecified atom stereocenters. The number of nitrogens with one attached hydrogen (secondary N) is 1. The molecule has 0 radical (unpaired) electrons. The van der Waals surface area contributed by atoms with Crippen LogP contribution in [0.15, 0.2) is 48.5 Å². The van der Waals surface area contributed by atoms with Crippen LogP contribution in [0.2, 0.25) is 0 Å². The Hall–Kier alpha value is -3.26. The van der Waals surface area contributed by atoms with Gasteiger partial charge in [-0.15, -0.1) is 10.2 Å². The lowest BCUT2D eigenvalue weighted by Crippen LogP contribution is -2.39. The quantitative estimate of drug-likeness (QED) is 0.597. The maximum absolute atomic E-state index is 13.0. The van der Waals surface area contributed by atoms with Crippen molar-refractivity contribution in [3.8, 4) is 5.75 Å². The largest absolute Gasteiger partial charge is 0.494 e. The minimum absolute atomic E-state index is 0.000369. The van der Waals surface area contributed by atoms with Crippen LogP contribution in [0.4, 0.5) is 5.69 Å². The van der Waals surface area contributed by atoms with Gasteiger partial charge in [0.15, 0.2) is 0 Å². The zero-order valence-electron chi connectivity index (χ0n) is 18.2. The number of likely N-dealkylation sites (tertiary alicyclic amines) is 1. The second-order valence-corrected chi connectivity index (χ2v) is 8.82. The molecule has 4 rings (SSSR count). The number of nitrogens with zero attached hydrogens (tertiary/aromatic N) is 3. The van der Waals surface area contributed by atoms with E-state index in [0.717, 1.165) is 34.8 Å². The Balaban J connectivity index is 1.40. The Morgan fingerprint density at radius 3 is 2.59 bits per heavy atom. The molecule has 0 saturated carbocycles. The van der Waals surface area contributed by atoms with Crippen molar-refractivity contribution in [2.45, 2.75) is 32.6 Å². The summed E-state index contributed by atoms with van der Waals surface area (Å²) in [5.41, 5.74) is 2.49. The van der Waals surface area contributed by atoms with Crippen LogP contribution >= 0.6 is 11.3 Å². The van der Waals surface area contributed by atoms with E-state index in [4.69, 9.17) is 4.74 Å². The maximum Gasteiger partial charge on any atom is 0.286 e. The molecule has 1 aliphatic heterocycles. The van der Waals surface area contributed by atoms with E-state index < -0.39 is 0 Å². The lowest BCUT2D eigenvalue weighted by Gasteiger charge is -2.31. The summed E-state index contributed by atoms with van der Waals surface area (Å²) in [6.45, 7) is 5.80. The highest BCUT2D eigenvalue weighted by Crippen LogP contribution is 2.30. The molecule has 1 N–H and O–H groups in total. The Labute approximate surface area is 191 Å². The summed E-state index contributed by atoms with van der Waals surface area (Å²) in [4.78, 5) is 27.4. The van der Waals surface area contributed by atoms with Crippen molar-refractivity contribution in [2.75, 3.05) is 25.0 Å². The molecule has 8 heteroatoms. The summed E-state index contributed by atoms with van der Waals surface area (Å²) in [6, 6.07) is 14.9. The fourth-order valence-corrected chi connectivity index (χ4v) is 4.58. The molecule has 2 aromatic carbocycles. The van der Waals surface area contributed by atoms with Crippen molar-refractivity contribution in [3.05, 3.63) is 69.7 Å². The third-order valence-corrected chi connectivity index (χ3v) is 6.50. The van der Waals surface area contributed by atoms with Gasteiger partial charge in [0.25, 0.3) is 11.8 Å². The van der Waals surface area contributed by atoms with E-state index in [1.165, 1.54) is 11.3 Å². The number of carbonyl (C=O) groups is 2. The zero-order valence-corrected chi connectivity index (χ0v) is 19.0. The highest BCUT2D eigenvalue weighted by molar-refractivity contribution is 7.13. The number of benzene rings is 2. The van der Waals surface area contributed by atoms with Gasteiger partial charge in [-0.25, -0.2) is 0 Å². The van der Waals surface area contributed by atoms with Crippen LogP contribution in [-0.4, -0.2) is 46.6 Å². The Morgan fingerprint density at radius 2 is 1.88 bits per heavy atom. The molecule has 1 atom stereocenters. The number of anilines is 1. The number of hydrogen-bond acceptors (Lipinski definition) is 6. The van der Waals surface area contributed by atoms with Gasteiger partial charge >= 0.3 is 0 Å². The predicted molar refractivity (Wildman–Crippen MR) is 125 cm³/mol. The van der Waals surface area contributed by atoms with E-state index in [9.17, 15) is 9.59 Å². The number of ether oxygens (including phenoxy) is 1. The molecule has 0 aliphatic carbocycles. The van der Waals surface area contributed by atoms with Gasteiger partial charge in [-0.3, -0.25) is 9.59 Å². The smallest absolute Gasteiger partial charge is 0.286 e. The first-order valence-corrected chi connectivity index (χ1v) is 11.6. The van der Waals surface area contributed by atoms with Gasteiger partial charge in [-0.05, 0) is 63.1 Å². The Morgan fingerprint density at radius 1 is 1.12 bits per heavy atom. The van der Waals surface area contributed by atoms with Crippen LogP contribution in [-0.2, 0) is 0 Å². The summed E-state index contributed by atoms with van der Waals surface area (Å²) in [6.07, 6.45) is 1.80. The number of aryl methyl sites for hydroxylation is 1. The Bertz CT molecular complexity index is 1080. The van der Waals surface area contributed by atoms with Gasteiger partial charge in [0, 0.05) is 30.3 Å². The van der Waals surface area contributed by atoms with E-state index in [1.54, 1.807) is 12.1 Å². The fraction of sp³-hybridized carbons (Fsp3) is 0.333. The average Bonchev–Trinajstić information content (AvgIpc) is 3.32. The number of rotatable bonds is 6. The summed E-state index contributed by atoms with van der Waals surface area (Å²) < 4.78 is 5.45. The molecule has 1 aliphatic rings. The first kappa shape index (κ1) is 22.0. The van der Waals surface area contributed by atoms with E-state index in [1.807, 2.05) is 55.1 Å². The van der Waals surface area contributed by atoms with Gasteiger partial charge in [0.05, 0.1) is 6.61 Å².